The van der Waals surface area contributed by atoms with Crippen LogP contribution in [-0.4, -0.2) is 28.2 Å². The van der Waals surface area contributed by atoms with Crippen molar-refractivity contribution in [2.75, 3.05) is 6.54 Å². The number of nitrogens with one attached hydrogen (secondary N) is 2. The van der Waals surface area contributed by atoms with Gasteiger partial charge in [0.05, 0.1) is 16.6 Å². The summed E-state index contributed by atoms with van der Waals surface area (Å²) in [4.78, 5) is 32.7. The van der Waals surface area contributed by atoms with Crippen molar-refractivity contribution in [2.24, 2.45) is 5.92 Å². The van der Waals surface area contributed by atoms with Crippen LogP contribution >= 0.6 is 0 Å². The van der Waals surface area contributed by atoms with Crippen LogP contribution in [0.5, 0.6) is 0 Å². The molecule has 0 bridgehead atoms. The van der Waals surface area contributed by atoms with Crippen molar-refractivity contribution in [1.82, 2.24) is 15.3 Å². The molecule has 0 fully saturated rings. The summed E-state index contributed by atoms with van der Waals surface area (Å²) in [6.45, 7) is 4.60. The Balaban J connectivity index is 1.58. The van der Waals surface area contributed by atoms with E-state index in [1.165, 1.54) is 30.3 Å². The van der Waals surface area contributed by atoms with Gasteiger partial charge in [0, 0.05) is 28.8 Å². The summed E-state index contributed by atoms with van der Waals surface area (Å²) in [6, 6.07) is 16.1. The van der Waals surface area contributed by atoms with Gasteiger partial charge in [-0.2, -0.15) is 13.2 Å². The fraction of sp³-hybridized carbons (Fsp3) is 0.192. The zero-order valence-electron chi connectivity index (χ0n) is 18.5. The maximum absolute atomic E-state index is 13.3. The van der Waals surface area contributed by atoms with Crippen LogP contribution in [0.4, 0.5) is 13.2 Å². The number of nitrogens with zero attached hydrogens (tertiary/aromatic N) is 1. The average molecular weight is 465 g/mol. The van der Waals surface area contributed by atoms with Crippen molar-refractivity contribution in [1.29, 1.82) is 0 Å². The summed E-state index contributed by atoms with van der Waals surface area (Å²) in [5, 5.41) is 2.87. The predicted octanol–water partition coefficient (Wildman–Crippen LogP) is 5.87. The molecule has 1 amide bonds. The van der Waals surface area contributed by atoms with Crippen LogP contribution in [0.1, 0.15) is 45.7 Å². The first-order valence-corrected chi connectivity index (χ1v) is 10.7. The lowest BCUT2D eigenvalue weighted by molar-refractivity contribution is -0.137. The number of aromatic nitrogens is 2. The molecule has 0 spiro atoms. The molecular weight excluding hydrogens is 443 g/mol. The number of hydrogen-bond acceptors (Lipinski definition) is 3. The molecule has 0 aliphatic rings. The molecule has 4 rings (SSSR count). The second kappa shape index (κ2) is 9.13. The number of alkyl halides is 3. The van der Waals surface area contributed by atoms with Crippen LogP contribution in [-0.2, 0) is 6.18 Å². The number of benzene rings is 3. The molecule has 0 aliphatic heterocycles. The summed E-state index contributed by atoms with van der Waals surface area (Å²) >= 11 is 0. The van der Waals surface area contributed by atoms with Crippen LogP contribution in [0.3, 0.4) is 0 Å². The molecule has 0 saturated carbocycles. The van der Waals surface area contributed by atoms with Crippen LogP contribution in [0, 0.1) is 5.92 Å². The Morgan fingerprint density at radius 1 is 0.971 bits per heavy atom. The molecule has 2 N–H and O–H groups in total. The van der Waals surface area contributed by atoms with Gasteiger partial charge in [0.15, 0.2) is 5.78 Å². The molecule has 0 unspecified atom stereocenters. The third-order valence-electron chi connectivity index (χ3n) is 5.31. The van der Waals surface area contributed by atoms with E-state index in [1.807, 2.05) is 13.8 Å². The molecule has 3 aromatic carbocycles. The van der Waals surface area contributed by atoms with Gasteiger partial charge in [-0.3, -0.25) is 9.59 Å². The van der Waals surface area contributed by atoms with Crippen LogP contribution in [0.2, 0.25) is 0 Å². The number of rotatable bonds is 6. The number of carbonyl (C=O) groups is 2. The minimum atomic E-state index is -4.62. The van der Waals surface area contributed by atoms with Gasteiger partial charge >= 0.3 is 6.18 Å². The zero-order valence-corrected chi connectivity index (χ0v) is 18.5. The highest BCUT2D eigenvalue weighted by molar-refractivity contribution is 6.10. The molecule has 0 radical (unpaired) electrons. The van der Waals surface area contributed by atoms with E-state index in [9.17, 15) is 22.8 Å². The Morgan fingerprint density at radius 2 is 1.65 bits per heavy atom. The Kier molecular flexibility index (Phi) is 6.24. The monoisotopic (exact) mass is 465 g/mol. The van der Waals surface area contributed by atoms with E-state index in [4.69, 9.17) is 0 Å². The molecule has 1 heterocycles. The Hall–Kier alpha value is -3.94. The second-order valence-corrected chi connectivity index (χ2v) is 8.37. The lowest BCUT2D eigenvalue weighted by Crippen LogP contribution is -2.27. The Labute approximate surface area is 194 Å². The van der Waals surface area contributed by atoms with Gasteiger partial charge in [-0.25, -0.2) is 4.98 Å². The van der Waals surface area contributed by atoms with E-state index >= 15 is 0 Å². The third-order valence-corrected chi connectivity index (χ3v) is 5.31. The van der Waals surface area contributed by atoms with Gasteiger partial charge in [0.1, 0.15) is 5.82 Å². The molecule has 174 valence electrons. The molecule has 0 saturated heterocycles. The topological polar surface area (TPSA) is 74.8 Å². The standard InChI is InChI=1S/C26H22F3N3O2/c1-15(2)14-30-25(34)18-11-12-21-22(13-18)32-24(31-21)17-9-7-16(8-10-17)23(33)19-5-3-4-6-20(19)26(27,28)29/h3-13,15H,14H2,1-2H3,(H,30,34)(H,31,32). The smallest absolute Gasteiger partial charge is 0.352 e. The molecule has 1 aromatic heterocycles. The van der Waals surface area contributed by atoms with Crippen molar-refractivity contribution in [2.45, 2.75) is 20.0 Å². The van der Waals surface area contributed by atoms with Crippen molar-refractivity contribution < 1.29 is 22.8 Å². The maximum Gasteiger partial charge on any atom is 0.417 e. The number of ketones is 1. The number of fused-ring (bicyclic) bond motifs is 1. The first kappa shape index (κ1) is 23.2. The van der Waals surface area contributed by atoms with Gasteiger partial charge in [0.25, 0.3) is 5.91 Å². The maximum atomic E-state index is 13.3. The van der Waals surface area contributed by atoms with E-state index in [0.29, 0.717) is 40.4 Å². The third kappa shape index (κ3) is 4.85. The summed E-state index contributed by atoms with van der Waals surface area (Å²) < 4.78 is 39.8. The highest BCUT2D eigenvalue weighted by atomic mass is 19.4. The number of H-pyrrole nitrogens is 1. The summed E-state index contributed by atoms with van der Waals surface area (Å²) in [7, 11) is 0. The number of aromatic amines is 1. The molecule has 0 atom stereocenters. The van der Waals surface area contributed by atoms with E-state index in [2.05, 4.69) is 15.3 Å². The zero-order chi connectivity index (χ0) is 24.5. The van der Waals surface area contributed by atoms with Gasteiger partial charge < -0.3 is 10.3 Å². The van der Waals surface area contributed by atoms with Gasteiger partial charge in [0.2, 0.25) is 0 Å². The minimum absolute atomic E-state index is 0.140. The second-order valence-electron chi connectivity index (χ2n) is 8.37. The van der Waals surface area contributed by atoms with Gasteiger partial charge in [-0.15, -0.1) is 0 Å². The fourth-order valence-corrected chi connectivity index (χ4v) is 3.55. The normalized spacial score (nSPS) is 11.7. The van der Waals surface area contributed by atoms with Crippen molar-refractivity contribution in [3.8, 4) is 11.4 Å². The van der Waals surface area contributed by atoms with Crippen molar-refractivity contribution in [3.63, 3.8) is 0 Å². The Morgan fingerprint density at radius 3 is 2.32 bits per heavy atom. The van der Waals surface area contributed by atoms with Gasteiger partial charge in [-0.05, 0) is 30.2 Å². The average Bonchev–Trinajstić information content (AvgIpc) is 3.25. The van der Waals surface area contributed by atoms with E-state index < -0.39 is 23.1 Å². The first-order chi connectivity index (χ1) is 16.1. The Bertz CT molecular complexity index is 1360. The molecule has 4 aromatic rings. The summed E-state index contributed by atoms with van der Waals surface area (Å²) in [6.07, 6.45) is -4.62. The molecule has 0 aliphatic carbocycles. The molecule has 8 heteroatoms. The van der Waals surface area contributed by atoms with Crippen LogP contribution < -0.4 is 5.32 Å². The number of halogens is 3. The van der Waals surface area contributed by atoms with E-state index in [0.717, 1.165) is 6.07 Å². The lowest BCUT2D eigenvalue weighted by Gasteiger charge is -2.11. The number of imidazole rings is 1. The fourth-order valence-electron chi connectivity index (χ4n) is 3.55. The summed E-state index contributed by atoms with van der Waals surface area (Å²) in [5.41, 5.74) is 1.28. The van der Waals surface area contributed by atoms with E-state index in [1.54, 1.807) is 30.3 Å². The largest absolute Gasteiger partial charge is 0.417 e. The lowest BCUT2D eigenvalue weighted by atomic mass is 9.97. The molecular formula is C26H22F3N3O2. The van der Waals surface area contributed by atoms with Crippen molar-refractivity contribution in [3.05, 3.63) is 89.0 Å². The highest BCUT2D eigenvalue weighted by Gasteiger charge is 2.35. The number of carbonyl (C=O) groups excluding carboxylic acids is 2. The van der Waals surface area contributed by atoms with E-state index in [-0.39, 0.29) is 11.5 Å². The van der Waals surface area contributed by atoms with Crippen molar-refractivity contribution >= 4 is 22.7 Å². The highest BCUT2D eigenvalue weighted by Crippen LogP contribution is 2.33. The van der Waals surface area contributed by atoms with Crippen LogP contribution in [0.25, 0.3) is 22.4 Å². The molecule has 34 heavy (non-hydrogen) atoms. The predicted molar refractivity (Wildman–Crippen MR) is 124 cm³/mol. The number of hydrogen-bond donors (Lipinski definition) is 2. The SMILES string of the molecule is CC(C)CNC(=O)c1ccc2nc(-c3ccc(C(=O)c4ccccc4C(F)(F)F)cc3)[nH]c2c1. The summed E-state index contributed by atoms with van der Waals surface area (Å²) in [5.74, 6) is -0.0254. The molecule has 5 nitrogen and oxygen atoms in total. The quantitative estimate of drug-likeness (QED) is 0.350. The number of amides is 1. The minimum Gasteiger partial charge on any atom is -0.352 e. The van der Waals surface area contributed by atoms with Crippen LogP contribution in [0.15, 0.2) is 66.7 Å². The van der Waals surface area contributed by atoms with Gasteiger partial charge in [-0.1, -0.05) is 56.3 Å². The first-order valence-electron chi connectivity index (χ1n) is 10.7.